The molecule has 0 saturated carbocycles. The Labute approximate surface area is 383 Å². The van der Waals surface area contributed by atoms with Crippen molar-refractivity contribution in [1.82, 2.24) is 10.6 Å². The topological polar surface area (TPSA) is 24.1 Å². The van der Waals surface area contributed by atoms with Crippen LogP contribution in [0.3, 0.4) is 0 Å². The first-order chi connectivity index (χ1) is 13.1. The van der Waals surface area contributed by atoms with E-state index in [1.165, 1.54) is 30.6 Å². The maximum atomic E-state index is 12.7. The van der Waals surface area contributed by atoms with Crippen LogP contribution in [-0.2, 0) is 229 Å². The van der Waals surface area contributed by atoms with E-state index in [4.69, 9.17) is 0 Å². The molecule has 0 bridgehead atoms. The number of nitrogens with one attached hydrogen (secondary N) is 2. The smallest absolute Gasteiger partial charge is 0.123 e. The molecule has 2 heterocycles. The van der Waals surface area contributed by atoms with Crippen molar-refractivity contribution in [1.29, 1.82) is 0 Å². The van der Waals surface area contributed by atoms with Crippen LogP contribution in [0.25, 0.3) is 0 Å². The molecule has 0 amide bonds. The third-order valence-corrected chi connectivity index (χ3v) is 6.10. The van der Waals surface area contributed by atoms with E-state index in [1.54, 1.807) is 12.1 Å². The first-order valence-corrected chi connectivity index (χ1v) is 10.4. The van der Waals surface area contributed by atoms with Crippen LogP contribution in [0.5, 0.6) is 0 Å². The fourth-order valence-corrected chi connectivity index (χ4v) is 4.43. The Morgan fingerprint density at radius 1 is 0.588 bits per heavy atom. The van der Waals surface area contributed by atoms with Crippen LogP contribution in [0.2, 0.25) is 0 Å². The fraction of sp³-hybridized carbons (Fsp3) is 0.500. The van der Waals surface area contributed by atoms with Crippen LogP contribution in [0.4, 0.5) is 4.39 Å². The standard InChI is InChI=1S/C12H16FN.C12H17N.7Y/c1-9-8-14-7-6-12(9)10-2-4-11(13)5-3-10;1-10-9-13-8-7-12(10)11-5-3-2-4-6-11;;;;;;;/h2-5,9,12,14H,6-8H2,1H3;2-6,10,12-13H,7-9H2,1H3;;;;;;;/t9-,12?;10-,12?;;;;;;;/m11......./s1. The van der Waals surface area contributed by atoms with Gasteiger partial charge in [0.1, 0.15) is 5.82 Å². The summed E-state index contributed by atoms with van der Waals surface area (Å²) in [6, 6.07) is 17.8. The molecule has 2 aromatic rings. The van der Waals surface area contributed by atoms with Gasteiger partial charge in [-0.2, -0.15) is 0 Å². The van der Waals surface area contributed by atoms with Crippen molar-refractivity contribution in [2.45, 2.75) is 38.5 Å². The van der Waals surface area contributed by atoms with Crippen molar-refractivity contribution in [3.8, 4) is 0 Å². The number of hydrogen-bond acceptors (Lipinski definition) is 2. The molecular formula is C24H33FN2Y7. The summed E-state index contributed by atoms with van der Waals surface area (Å²) in [5, 5.41) is 6.81. The molecule has 2 saturated heterocycles. The predicted octanol–water partition coefficient (Wildman–Crippen LogP) is 4.92. The second kappa shape index (κ2) is 29.1. The van der Waals surface area contributed by atoms with E-state index in [-0.39, 0.29) is 235 Å². The van der Waals surface area contributed by atoms with E-state index < -0.39 is 0 Å². The molecule has 2 aliphatic heterocycles. The van der Waals surface area contributed by atoms with Gasteiger partial charge in [-0.05, 0) is 86.0 Å². The molecule has 0 aliphatic carbocycles. The molecule has 2 N–H and O–H groups in total. The SMILES string of the molecule is C[C@@H]1CNCCC1c1ccc(F)cc1.C[C@@H]1CNCCC1c1ccccc1.[Y].[Y].[Y].[Y].[Y].[Y].[Y]. The Morgan fingerprint density at radius 3 is 1.35 bits per heavy atom. The number of piperidine rings is 2. The van der Waals surface area contributed by atoms with Crippen molar-refractivity contribution in [3.05, 3.63) is 71.5 Å². The summed E-state index contributed by atoms with van der Waals surface area (Å²) in [4.78, 5) is 0. The monoisotopic (exact) mass is 991 g/mol. The molecule has 2 nitrogen and oxygen atoms in total. The molecule has 10 heteroatoms. The minimum atomic E-state index is -0.143. The molecule has 2 fully saturated rings. The summed E-state index contributed by atoms with van der Waals surface area (Å²) < 4.78 is 12.7. The van der Waals surface area contributed by atoms with Gasteiger partial charge in [0.2, 0.25) is 0 Å². The average molecular weight is 991 g/mol. The largest absolute Gasteiger partial charge is 0.316 e. The van der Waals surface area contributed by atoms with Gasteiger partial charge in [0.15, 0.2) is 0 Å². The Bertz CT molecular complexity index is 695. The van der Waals surface area contributed by atoms with Gasteiger partial charge < -0.3 is 10.6 Å². The normalized spacial score (nSPS) is 22.3. The number of rotatable bonds is 2. The van der Waals surface area contributed by atoms with E-state index in [0.717, 1.165) is 31.3 Å². The van der Waals surface area contributed by atoms with Crippen LogP contribution < -0.4 is 10.6 Å². The summed E-state index contributed by atoms with van der Waals surface area (Å²) in [5.41, 5.74) is 2.79. The Hall–Kier alpha value is 6.02. The minimum Gasteiger partial charge on any atom is -0.316 e. The van der Waals surface area contributed by atoms with Crippen LogP contribution in [0.15, 0.2) is 54.6 Å². The maximum absolute atomic E-state index is 12.7. The summed E-state index contributed by atoms with van der Waals surface area (Å²) in [6.45, 7) is 9.07. The number of hydrogen-bond donors (Lipinski definition) is 2. The summed E-state index contributed by atoms with van der Waals surface area (Å²) in [6.07, 6.45) is 2.44. The van der Waals surface area contributed by atoms with Gasteiger partial charge in [-0.15, -0.1) is 0 Å². The quantitative estimate of drug-likeness (QED) is 0.448. The van der Waals surface area contributed by atoms with Crippen LogP contribution in [-0.4, -0.2) is 26.2 Å². The van der Waals surface area contributed by atoms with Gasteiger partial charge in [-0.25, -0.2) is 4.39 Å². The van der Waals surface area contributed by atoms with E-state index in [0.29, 0.717) is 11.8 Å². The van der Waals surface area contributed by atoms with Gasteiger partial charge in [0.25, 0.3) is 0 Å². The molecule has 2 unspecified atom stereocenters. The molecule has 2 aromatic carbocycles. The number of halogens is 1. The minimum absolute atomic E-state index is 0. The van der Waals surface area contributed by atoms with Gasteiger partial charge in [0, 0.05) is 229 Å². The summed E-state index contributed by atoms with van der Waals surface area (Å²) >= 11 is 0. The van der Waals surface area contributed by atoms with E-state index in [2.05, 4.69) is 54.8 Å². The molecule has 0 spiro atoms. The summed E-state index contributed by atoms with van der Waals surface area (Å²) in [5.74, 6) is 2.64. The van der Waals surface area contributed by atoms with Crippen molar-refractivity contribution in [3.63, 3.8) is 0 Å². The molecule has 34 heavy (non-hydrogen) atoms. The zero-order valence-corrected chi connectivity index (χ0v) is 40.5. The van der Waals surface area contributed by atoms with Crippen molar-refractivity contribution in [2.75, 3.05) is 26.2 Å². The van der Waals surface area contributed by atoms with Gasteiger partial charge in [-0.1, -0.05) is 56.3 Å². The predicted molar refractivity (Wildman–Crippen MR) is 112 cm³/mol. The van der Waals surface area contributed by atoms with Crippen molar-refractivity contribution in [2.24, 2.45) is 11.8 Å². The van der Waals surface area contributed by atoms with Crippen LogP contribution in [0.1, 0.15) is 49.7 Å². The average Bonchev–Trinajstić information content (AvgIpc) is 2.71. The molecule has 7 radical (unpaired) electrons. The Morgan fingerprint density at radius 2 is 0.971 bits per heavy atom. The van der Waals surface area contributed by atoms with Crippen LogP contribution >= 0.6 is 0 Å². The first-order valence-electron chi connectivity index (χ1n) is 10.4. The molecule has 167 valence electrons. The summed E-state index contributed by atoms with van der Waals surface area (Å²) in [7, 11) is 0. The molecule has 4 rings (SSSR count). The van der Waals surface area contributed by atoms with Crippen molar-refractivity contribution >= 4 is 0 Å². The second-order valence-corrected chi connectivity index (χ2v) is 8.12. The molecule has 4 atom stereocenters. The Kier molecular flexibility index (Phi) is 42.5. The van der Waals surface area contributed by atoms with Gasteiger partial charge in [0.05, 0.1) is 0 Å². The van der Waals surface area contributed by atoms with E-state index >= 15 is 0 Å². The Balaban J connectivity index is -0.000000137. The third kappa shape index (κ3) is 17.9. The molecule has 0 aromatic heterocycles. The van der Waals surface area contributed by atoms with Crippen LogP contribution in [0, 0.1) is 17.7 Å². The molecule has 2 aliphatic rings. The second-order valence-electron chi connectivity index (χ2n) is 8.12. The maximum Gasteiger partial charge on any atom is 0.123 e. The number of benzene rings is 2. The van der Waals surface area contributed by atoms with E-state index in [9.17, 15) is 4.39 Å². The third-order valence-electron chi connectivity index (χ3n) is 6.10. The van der Waals surface area contributed by atoms with Gasteiger partial charge in [-0.3, -0.25) is 0 Å². The van der Waals surface area contributed by atoms with E-state index in [1.807, 2.05) is 12.1 Å². The molecular weight excluding hydrogens is 958 g/mol. The first kappa shape index (κ1) is 49.7. The zero-order valence-electron chi connectivity index (χ0n) is 20.7. The zero-order chi connectivity index (χ0) is 19.1. The van der Waals surface area contributed by atoms with Gasteiger partial charge >= 0.3 is 0 Å². The fourth-order valence-electron chi connectivity index (χ4n) is 4.43. The van der Waals surface area contributed by atoms with Crippen molar-refractivity contribution < 1.29 is 233 Å².